The van der Waals surface area contributed by atoms with Gasteiger partial charge in [-0.25, -0.2) is 4.79 Å². The zero-order valence-corrected chi connectivity index (χ0v) is 17.7. The van der Waals surface area contributed by atoms with Crippen LogP contribution in [0.4, 0.5) is 0 Å². The second kappa shape index (κ2) is 15.9. The third-order valence-electron chi connectivity index (χ3n) is 4.51. The highest BCUT2D eigenvalue weighted by molar-refractivity contribution is 5.94. The minimum absolute atomic E-state index is 0.126. The van der Waals surface area contributed by atoms with Gasteiger partial charge in [0, 0.05) is 6.92 Å². The number of unbranched alkanes of at least 4 members (excludes halogenated alkanes) is 10. The van der Waals surface area contributed by atoms with Gasteiger partial charge < -0.3 is 19.7 Å². The number of carboxylic acid groups (broad SMARTS) is 1. The van der Waals surface area contributed by atoms with Gasteiger partial charge in [-0.3, -0.25) is 14.4 Å². The summed E-state index contributed by atoms with van der Waals surface area (Å²) in [6.45, 7) is 3.26. The maximum absolute atomic E-state index is 11.8. The third-order valence-corrected chi connectivity index (χ3v) is 4.51. The first-order valence-electron chi connectivity index (χ1n) is 10.5. The molecule has 0 heterocycles. The summed E-state index contributed by atoms with van der Waals surface area (Å²) in [5, 5.41) is 19.0. The Hall–Kier alpha value is -1.96. The van der Waals surface area contributed by atoms with Gasteiger partial charge >= 0.3 is 23.9 Å². The Kier molecular flexibility index (Phi) is 14.8. The molecule has 0 aliphatic carbocycles. The Morgan fingerprint density at radius 3 is 1.72 bits per heavy atom. The minimum atomic E-state index is -2.63. The number of hydrogen-bond donors (Lipinski definition) is 2. The second-order valence-electron chi connectivity index (χ2n) is 7.42. The number of aliphatic hydroxyl groups is 1. The molecule has 2 N–H and O–H groups in total. The third kappa shape index (κ3) is 14.7. The summed E-state index contributed by atoms with van der Waals surface area (Å²) < 4.78 is 9.21. The lowest BCUT2D eigenvalue weighted by atomic mass is 9.95. The molecular weight excluding hydrogens is 380 g/mol. The van der Waals surface area contributed by atoms with Crippen LogP contribution < -0.4 is 0 Å². The van der Waals surface area contributed by atoms with Crippen molar-refractivity contribution >= 4 is 23.9 Å². The molecule has 0 amide bonds. The Morgan fingerprint density at radius 2 is 1.28 bits per heavy atom. The van der Waals surface area contributed by atoms with Crippen LogP contribution in [0.3, 0.4) is 0 Å². The SMILES string of the molecule is CCCCCCCCCCCCCOC(=O)CC(O)(CC(=O)O)C(=O)OC(C)=O. The highest BCUT2D eigenvalue weighted by Crippen LogP contribution is 2.19. The van der Waals surface area contributed by atoms with Crippen LogP contribution in [0.2, 0.25) is 0 Å². The van der Waals surface area contributed by atoms with E-state index in [-0.39, 0.29) is 6.61 Å². The van der Waals surface area contributed by atoms with Crippen LogP contribution in [-0.2, 0) is 28.7 Å². The highest BCUT2D eigenvalue weighted by atomic mass is 16.6. The van der Waals surface area contributed by atoms with Gasteiger partial charge in [-0.1, -0.05) is 71.1 Å². The van der Waals surface area contributed by atoms with E-state index in [2.05, 4.69) is 11.7 Å². The van der Waals surface area contributed by atoms with E-state index >= 15 is 0 Å². The van der Waals surface area contributed by atoms with Crippen LogP contribution >= 0.6 is 0 Å². The van der Waals surface area contributed by atoms with Gasteiger partial charge in [-0.2, -0.15) is 0 Å². The van der Waals surface area contributed by atoms with Crippen LogP contribution in [0.5, 0.6) is 0 Å². The molecule has 0 aromatic carbocycles. The van der Waals surface area contributed by atoms with Crippen molar-refractivity contribution in [1.29, 1.82) is 0 Å². The first-order chi connectivity index (χ1) is 13.7. The largest absolute Gasteiger partial charge is 0.481 e. The smallest absolute Gasteiger partial charge is 0.346 e. The Labute approximate surface area is 172 Å². The maximum Gasteiger partial charge on any atom is 0.346 e. The van der Waals surface area contributed by atoms with Gasteiger partial charge in [0.15, 0.2) is 5.60 Å². The van der Waals surface area contributed by atoms with Crippen LogP contribution in [-0.4, -0.2) is 46.3 Å². The summed E-state index contributed by atoms with van der Waals surface area (Å²) in [7, 11) is 0. The first kappa shape index (κ1) is 27.0. The molecule has 0 aromatic heterocycles. The predicted molar refractivity (Wildman–Crippen MR) is 106 cm³/mol. The standard InChI is InChI=1S/C21H36O8/c1-3-4-5-6-7-8-9-10-11-12-13-14-28-19(25)16-21(27,15-18(23)24)20(26)29-17(2)22/h27H,3-16H2,1-2H3,(H,23,24). The summed E-state index contributed by atoms with van der Waals surface area (Å²) in [6, 6.07) is 0. The maximum atomic E-state index is 11.8. The molecule has 0 saturated carbocycles. The molecule has 0 saturated heterocycles. The number of rotatable bonds is 17. The lowest BCUT2D eigenvalue weighted by Gasteiger charge is -2.22. The summed E-state index contributed by atoms with van der Waals surface area (Å²) in [6.07, 6.45) is 10.7. The van der Waals surface area contributed by atoms with Crippen molar-refractivity contribution in [1.82, 2.24) is 0 Å². The van der Waals surface area contributed by atoms with E-state index in [0.29, 0.717) is 6.42 Å². The van der Waals surface area contributed by atoms with Crippen LogP contribution in [0, 0.1) is 0 Å². The zero-order chi connectivity index (χ0) is 22.1. The van der Waals surface area contributed by atoms with E-state index in [1.54, 1.807) is 0 Å². The van der Waals surface area contributed by atoms with Crippen molar-refractivity contribution in [3.63, 3.8) is 0 Å². The van der Waals surface area contributed by atoms with E-state index in [4.69, 9.17) is 9.84 Å². The highest BCUT2D eigenvalue weighted by Gasteiger charge is 2.43. The van der Waals surface area contributed by atoms with E-state index in [0.717, 1.165) is 26.2 Å². The topological polar surface area (TPSA) is 127 Å². The van der Waals surface area contributed by atoms with E-state index in [9.17, 15) is 24.3 Å². The quantitative estimate of drug-likeness (QED) is 0.209. The first-order valence-corrected chi connectivity index (χ1v) is 10.5. The molecule has 8 heteroatoms. The number of carbonyl (C=O) groups is 4. The lowest BCUT2D eigenvalue weighted by molar-refractivity contribution is -0.181. The zero-order valence-electron chi connectivity index (χ0n) is 17.7. The summed E-state index contributed by atoms with van der Waals surface area (Å²) in [5.41, 5.74) is -2.63. The van der Waals surface area contributed by atoms with Gasteiger partial charge in [0.1, 0.15) is 0 Å². The van der Waals surface area contributed by atoms with Crippen LogP contribution in [0.25, 0.3) is 0 Å². The number of carboxylic acids is 1. The van der Waals surface area contributed by atoms with Crippen LogP contribution in [0.1, 0.15) is 97.3 Å². The molecule has 168 valence electrons. The average molecular weight is 417 g/mol. The van der Waals surface area contributed by atoms with Crippen molar-refractivity contribution in [3.8, 4) is 0 Å². The Morgan fingerprint density at radius 1 is 0.793 bits per heavy atom. The van der Waals surface area contributed by atoms with E-state index < -0.39 is 42.3 Å². The summed E-state index contributed by atoms with van der Waals surface area (Å²) >= 11 is 0. The Bertz CT molecular complexity index is 517. The predicted octanol–water partition coefficient (Wildman–Crippen LogP) is 3.53. The number of carbonyl (C=O) groups excluding carboxylic acids is 3. The number of ether oxygens (including phenoxy) is 2. The fraction of sp³-hybridized carbons (Fsp3) is 0.810. The van der Waals surface area contributed by atoms with Crippen molar-refractivity contribution in [2.45, 2.75) is 103 Å². The monoisotopic (exact) mass is 416 g/mol. The molecule has 0 aromatic rings. The molecule has 0 spiro atoms. The molecule has 0 rings (SSSR count). The number of hydrogen-bond acceptors (Lipinski definition) is 7. The molecule has 8 nitrogen and oxygen atoms in total. The second-order valence-corrected chi connectivity index (χ2v) is 7.42. The number of esters is 3. The van der Waals surface area contributed by atoms with E-state index in [1.807, 2.05) is 0 Å². The van der Waals surface area contributed by atoms with Gasteiger partial charge in [0.2, 0.25) is 0 Å². The average Bonchev–Trinajstić information content (AvgIpc) is 2.61. The molecule has 1 atom stereocenters. The van der Waals surface area contributed by atoms with Crippen molar-refractivity contribution in [2.75, 3.05) is 6.61 Å². The molecule has 0 bridgehead atoms. The lowest BCUT2D eigenvalue weighted by Crippen LogP contribution is -2.45. The number of aliphatic carboxylic acids is 1. The van der Waals surface area contributed by atoms with Gasteiger partial charge in [0.25, 0.3) is 0 Å². The van der Waals surface area contributed by atoms with Gasteiger partial charge in [-0.15, -0.1) is 0 Å². The molecule has 0 aliphatic heterocycles. The fourth-order valence-corrected chi connectivity index (χ4v) is 2.92. The molecule has 0 aliphatic rings. The normalized spacial score (nSPS) is 12.8. The van der Waals surface area contributed by atoms with E-state index in [1.165, 1.54) is 44.9 Å². The molecule has 0 radical (unpaired) electrons. The molecule has 1 unspecified atom stereocenters. The molecular formula is C21H36O8. The Balaban J connectivity index is 3.98. The molecule has 29 heavy (non-hydrogen) atoms. The fourth-order valence-electron chi connectivity index (χ4n) is 2.92. The summed E-state index contributed by atoms with van der Waals surface area (Å²) in [4.78, 5) is 45.3. The molecule has 0 fully saturated rings. The minimum Gasteiger partial charge on any atom is -0.481 e. The summed E-state index contributed by atoms with van der Waals surface area (Å²) in [5.74, 6) is -4.90. The van der Waals surface area contributed by atoms with Crippen molar-refractivity contribution < 1.29 is 38.9 Å². The van der Waals surface area contributed by atoms with Crippen molar-refractivity contribution in [2.24, 2.45) is 0 Å². The van der Waals surface area contributed by atoms with Gasteiger partial charge in [0.05, 0.1) is 19.4 Å². The van der Waals surface area contributed by atoms with Crippen LogP contribution in [0.15, 0.2) is 0 Å². The van der Waals surface area contributed by atoms with Crippen molar-refractivity contribution in [3.05, 3.63) is 0 Å². The van der Waals surface area contributed by atoms with Gasteiger partial charge in [-0.05, 0) is 6.42 Å².